The first-order valence-corrected chi connectivity index (χ1v) is 6.95. The van der Waals surface area contributed by atoms with Gasteiger partial charge in [-0.15, -0.1) is 0 Å². The molecule has 0 saturated carbocycles. The van der Waals surface area contributed by atoms with Crippen LogP contribution < -0.4 is 4.74 Å². The third kappa shape index (κ3) is 3.80. The Morgan fingerprint density at radius 1 is 0.950 bits per heavy atom. The lowest BCUT2D eigenvalue weighted by atomic mass is 10.1. The van der Waals surface area contributed by atoms with Crippen molar-refractivity contribution in [2.24, 2.45) is 0 Å². The van der Waals surface area contributed by atoms with Crippen LogP contribution in [0.25, 0.3) is 0 Å². The predicted molar refractivity (Wildman–Crippen MR) is 81.6 cm³/mol. The third-order valence-corrected chi connectivity index (χ3v) is 3.66. The summed E-state index contributed by atoms with van der Waals surface area (Å²) in [5.41, 5.74) is 1.91. The molecule has 0 radical (unpaired) electrons. The summed E-state index contributed by atoms with van der Waals surface area (Å²) >= 11 is 17.8. The van der Waals surface area contributed by atoms with E-state index in [1.54, 1.807) is 12.1 Å². The summed E-state index contributed by atoms with van der Waals surface area (Å²) < 4.78 is 5.63. The van der Waals surface area contributed by atoms with Crippen molar-refractivity contribution in [2.75, 3.05) is 0 Å². The molecule has 0 aromatic heterocycles. The molecule has 0 amide bonds. The average Bonchev–Trinajstić information content (AvgIpc) is 2.42. The van der Waals surface area contributed by atoms with Crippen LogP contribution in [0.3, 0.4) is 0 Å². The molecule has 0 bridgehead atoms. The first-order chi connectivity index (χ1) is 9.60. The van der Waals surface area contributed by atoms with Gasteiger partial charge in [0.1, 0.15) is 12.4 Å². The lowest BCUT2D eigenvalue weighted by molar-refractivity contribution is 0.306. The Morgan fingerprint density at radius 2 is 1.65 bits per heavy atom. The largest absolute Gasteiger partial charge is 0.487 e. The van der Waals surface area contributed by atoms with Crippen LogP contribution in [0.4, 0.5) is 0 Å². The fraction of sp³-hybridized carbons (Fsp3) is 0.133. The van der Waals surface area contributed by atoms with Crippen LogP contribution >= 0.6 is 34.8 Å². The molecule has 0 fully saturated rings. The van der Waals surface area contributed by atoms with E-state index in [0.717, 1.165) is 11.1 Å². The van der Waals surface area contributed by atoms with Crippen LogP contribution in [0.1, 0.15) is 11.1 Å². The monoisotopic (exact) mass is 325 g/mol. The zero-order chi connectivity index (χ0) is 14.5. The van der Waals surface area contributed by atoms with Crippen LogP contribution in [0.5, 0.6) is 5.75 Å². The molecule has 0 aliphatic heterocycles. The fourth-order valence-corrected chi connectivity index (χ4v) is 2.29. The first kappa shape index (κ1) is 15.0. The summed E-state index contributed by atoms with van der Waals surface area (Å²) in [6, 6.07) is 12.9. The van der Waals surface area contributed by atoms with E-state index in [1.807, 2.05) is 24.3 Å². The highest BCUT2D eigenvalue weighted by Crippen LogP contribution is 2.34. The predicted octanol–water partition coefficient (Wildman–Crippen LogP) is 5.29. The molecule has 2 rings (SSSR count). The Labute approximate surface area is 132 Å². The summed E-state index contributed by atoms with van der Waals surface area (Å²) in [5.74, 6) is 0.478. The topological polar surface area (TPSA) is 33.0 Å². The molecule has 0 atom stereocenters. The maximum atomic E-state index is 8.69. The van der Waals surface area contributed by atoms with E-state index in [9.17, 15) is 0 Å². The minimum Gasteiger partial charge on any atom is -0.487 e. The Morgan fingerprint density at radius 3 is 2.40 bits per heavy atom. The SMILES string of the molecule is N#CCc1cccc(COc2cc(Cl)c(Cl)cc2Cl)c1. The molecule has 20 heavy (non-hydrogen) atoms. The summed E-state index contributed by atoms with van der Waals surface area (Å²) in [6.07, 6.45) is 0.376. The molecule has 0 N–H and O–H groups in total. The summed E-state index contributed by atoms with van der Waals surface area (Å²) in [4.78, 5) is 0. The van der Waals surface area contributed by atoms with E-state index in [-0.39, 0.29) is 0 Å². The lowest BCUT2D eigenvalue weighted by Crippen LogP contribution is -1.97. The highest BCUT2D eigenvalue weighted by atomic mass is 35.5. The molecule has 0 saturated heterocycles. The van der Waals surface area contributed by atoms with E-state index in [1.165, 1.54) is 0 Å². The van der Waals surface area contributed by atoms with E-state index in [2.05, 4.69) is 6.07 Å². The number of nitrogens with zero attached hydrogens (tertiary/aromatic N) is 1. The fourth-order valence-electron chi connectivity index (χ4n) is 1.70. The van der Waals surface area contributed by atoms with Crippen LogP contribution in [0.15, 0.2) is 36.4 Å². The first-order valence-electron chi connectivity index (χ1n) is 5.82. The number of nitriles is 1. The zero-order valence-electron chi connectivity index (χ0n) is 10.4. The average molecular weight is 327 g/mol. The van der Waals surface area contributed by atoms with Gasteiger partial charge in [-0.05, 0) is 17.2 Å². The van der Waals surface area contributed by atoms with Crippen molar-refractivity contribution >= 4 is 34.8 Å². The Bertz CT molecular complexity index is 665. The van der Waals surface area contributed by atoms with Crippen LogP contribution in [-0.4, -0.2) is 0 Å². The normalized spacial score (nSPS) is 10.1. The Kier molecular flexibility index (Phi) is 5.14. The van der Waals surface area contributed by atoms with E-state index < -0.39 is 0 Å². The van der Waals surface area contributed by atoms with Gasteiger partial charge < -0.3 is 4.74 Å². The molecule has 2 nitrogen and oxygen atoms in total. The van der Waals surface area contributed by atoms with Crippen molar-refractivity contribution < 1.29 is 4.74 Å². The van der Waals surface area contributed by atoms with Gasteiger partial charge >= 0.3 is 0 Å². The van der Waals surface area contributed by atoms with Crippen molar-refractivity contribution in [2.45, 2.75) is 13.0 Å². The third-order valence-electron chi connectivity index (χ3n) is 2.64. The van der Waals surface area contributed by atoms with Gasteiger partial charge in [-0.2, -0.15) is 5.26 Å². The van der Waals surface area contributed by atoms with Gasteiger partial charge in [-0.1, -0.05) is 59.1 Å². The van der Waals surface area contributed by atoms with E-state index in [4.69, 9.17) is 44.8 Å². The zero-order valence-corrected chi connectivity index (χ0v) is 12.6. The number of benzene rings is 2. The Balaban J connectivity index is 2.11. The maximum absolute atomic E-state index is 8.69. The van der Waals surface area contributed by atoms with Crippen LogP contribution in [-0.2, 0) is 13.0 Å². The Hall–Kier alpha value is -1.40. The van der Waals surface area contributed by atoms with Crippen LogP contribution in [0.2, 0.25) is 15.1 Å². The standard InChI is InChI=1S/C15H10Cl3NO/c16-12-7-14(18)15(8-13(12)17)20-9-11-3-1-2-10(6-11)4-5-19/h1-3,6-8H,4,9H2. The minimum atomic E-state index is 0.344. The molecule has 0 aliphatic carbocycles. The summed E-state index contributed by atoms with van der Waals surface area (Å²) in [5, 5.41) is 9.88. The molecular formula is C15H10Cl3NO. The molecule has 0 aliphatic rings. The second kappa shape index (κ2) is 6.85. The van der Waals surface area contributed by atoms with Crippen molar-refractivity contribution in [1.29, 1.82) is 5.26 Å². The molecule has 2 aromatic carbocycles. The molecule has 0 heterocycles. The molecule has 102 valence electrons. The molecule has 5 heteroatoms. The van der Waals surface area contributed by atoms with E-state index in [0.29, 0.717) is 33.8 Å². The van der Waals surface area contributed by atoms with Crippen molar-refractivity contribution in [3.05, 3.63) is 62.6 Å². The molecule has 2 aromatic rings. The van der Waals surface area contributed by atoms with Gasteiger partial charge in [0.2, 0.25) is 0 Å². The van der Waals surface area contributed by atoms with Gasteiger partial charge in [0.15, 0.2) is 0 Å². The van der Waals surface area contributed by atoms with Gasteiger partial charge in [-0.3, -0.25) is 0 Å². The number of ether oxygens (including phenoxy) is 1. The lowest BCUT2D eigenvalue weighted by Gasteiger charge is -2.10. The smallest absolute Gasteiger partial charge is 0.139 e. The van der Waals surface area contributed by atoms with Crippen LogP contribution in [0, 0.1) is 11.3 Å². The molecule has 0 unspecified atom stereocenters. The highest BCUT2D eigenvalue weighted by Gasteiger charge is 2.07. The second-order valence-corrected chi connectivity index (χ2v) is 5.36. The number of halogens is 3. The maximum Gasteiger partial charge on any atom is 0.139 e. The number of hydrogen-bond acceptors (Lipinski definition) is 2. The van der Waals surface area contributed by atoms with Crippen molar-refractivity contribution in [3.8, 4) is 11.8 Å². The van der Waals surface area contributed by atoms with Gasteiger partial charge in [-0.25, -0.2) is 0 Å². The summed E-state index contributed by atoms with van der Waals surface area (Å²) in [6.45, 7) is 0.344. The number of rotatable bonds is 4. The van der Waals surface area contributed by atoms with E-state index >= 15 is 0 Å². The number of hydrogen-bond donors (Lipinski definition) is 0. The van der Waals surface area contributed by atoms with Crippen molar-refractivity contribution in [1.82, 2.24) is 0 Å². The van der Waals surface area contributed by atoms with Gasteiger partial charge in [0.25, 0.3) is 0 Å². The van der Waals surface area contributed by atoms with Crippen molar-refractivity contribution in [3.63, 3.8) is 0 Å². The van der Waals surface area contributed by atoms with Gasteiger partial charge in [0.05, 0.1) is 27.6 Å². The minimum absolute atomic E-state index is 0.344. The highest BCUT2D eigenvalue weighted by molar-refractivity contribution is 6.43. The van der Waals surface area contributed by atoms with Gasteiger partial charge in [0, 0.05) is 6.07 Å². The quantitative estimate of drug-likeness (QED) is 0.715. The molecule has 0 spiro atoms. The summed E-state index contributed by atoms with van der Waals surface area (Å²) in [7, 11) is 0. The second-order valence-electron chi connectivity index (χ2n) is 4.14. The molecular weight excluding hydrogens is 317 g/mol.